The Bertz CT molecular complexity index is 469. The second-order valence-electron chi connectivity index (χ2n) is 4.16. The minimum atomic E-state index is -4.48. The van der Waals surface area contributed by atoms with Crippen LogP contribution in [0.1, 0.15) is 6.92 Å². The van der Waals surface area contributed by atoms with Gasteiger partial charge in [0.05, 0.1) is 14.2 Å². The monoisotopic (exact) mass is 307 g/mol. The van der Waals surface area contributed by atoms with E-state index in [2.05, 4.69) is 10.1 Å². The molecule has 8 heteroatoms. The van der Waals surface area contributed by atoms with E-state index in [9.17, 15) is 18.0 Å². The molecule has 1 rings (SSSR count). The number of nitrogens with one attached hydrogen (secondary N) is 1. The predicted octanol–water partition coefficient (Wildman–Crippen LogP) is 2.61. The number of anilines is 1. The van der Waals surface area contributed by atoms with Crippen LogP contribution in [0, 0.1) is 0 Å². The van der Waals surface area contributed by atoms with Crippen LogP contribution >= 0.6 is 0 Å². The highest BCUT2D eigenvalue weighted by atomic mass is 19.4. The first-order valence-corrected chi connectivity index (χ1v) is 5.97. The van der Waals surface area contributed by atoms with Crippen molar-refractivity contribution in [2.24, 2.45) is 0 Å². The zero-order chi connectivity index (χ0) is 16.0. The van der Waals surface area contributed by atoms with Gasteiger partial charge in [0.25, 0.3) is 5.91 Å². The Morgan fingerprint density at radius 3 is 2.14 bits per heavy atom. The zero-order valence-corrected chi connectivity index (χ0v) is 11.8. The average Bonchev–Trinajstić information content (AvgIpc) is 2.43. The molecule has 5 nitrogen and oxygen atoms in total. The summed E-state index contributed by atoms with van der Waals surface area (Å²) in [6, 6.07) is 4.62. The molecule has 0 spiro atoms. The van der Waals surface area contributed by atoms with Crippen molar-refractivity contribution in [2.75, 3.05) is 26.1 Å². The Morgan fingerprint density at radius 1 is 1.19 bits per heavy atom. The molecule has 0 unspecified atom stereocenters. The lowest BCUT2D eigenvalue weighted by Gasteiger charge is -2.15. The number of alkyl halides is 3. The van der Waals surface area contributed by atoms with E-state index < -0.39 is 24.8 Å². The van der Waals surface area contributed by atoms with Crippen LogP contribution in [0.15, 0.2) is 18.2 Å². The first kappa shape index (κ1) is 17.1. The van der Waals surface area contributed by atoms with Gasteiger partial charge in [-0.25, -0.2) is 0 Å². The number of carbonyl (C=O) groups excluding carboxylic acids is 1. The topological polar surface area (TPSA) is 56.8 Å². The van der Waals surface area contributed by atoms with Gasteiger partial charge in [0.1, 0.15) is 24.2 Å². The molecule has 1 aromatic rings. The van der Waals surface area contributed by atoms with Crippen LogP contribution in [0.4, 0.5) is 18.9 Å². The summed E-state index contributed by atoms with van der Waals surface area (Å²) in [6.07, 6.45) is -5.72. The van der Waals surface area contributed by atoms with E-state index in [-0.39, 0.29) is 0 Å². The van der Waals surface area contributed by atoms with E-state index in [0.717, 1.165) is 0 Å². The largest absolute Gasteiger partial charge is 0.497 e. The van der Waals surface area contributed by atoms with Crippen molar-refractivity contribution < 1.29 is 32.2 Å². The Hall–Kier alpha value is -1.96. The number of carbonyl (C=O) groups is 1. The Morgan fingerprint density at radius 2 is 1.71 bits per heavy atom. The van der Waals surface area contributed by atoms with Gasteiger partial charge in [0.15, 0.2) is 0 Å². The molecule has 0 aromatic heterocycles. The van der Waals surface area contributed by atoms with Crippen LogP contribution in [-0.4, -0.2) is 39.0 Å². The van der Waals surface area contributed by atoms with Crippen molar-refractivity contribution in [3.63, 3.8) is 0 Å². The summed E-state index contributed by atoms with van der Waals surface area (Å²) in [5.74, 6) is 0.177. The molecule has 0 heterocycles. The molecule has 0 fully saturated rings. The van der Waals surface area contributed by atoms with E-state index >= 15 is 0 Å². The number of halogens is 3. The first-order chi connectivity index (χ1) is 9.75. The second-order valence-corrected chi connectivity index (χ2v) is 4.16. The minimum Gasteiger partial charge on any atom is -0.497 e. The van der Waals surface area contributed by atoms with E-state index in [1.165, 1.54) is 33.3 Å². The Kier molecular flexibility index (Phi) is 5.83. The summed E-state index contributed by atoms with van der Waals surface area (Å²) < 4.78 is 50.5. The first-order valence-electron chi connectivity index (χ1n) is 5.97. The molecular weight excluding hydrogens is 291 g/mol. The molecule has 1 aromatic carbocycles. The van der Waals surface area contributed by atoms with Crippen LogP contribution < -0.4 is 14.8 Å². The van der Waals surface area contributed by atoms with Gasteiger partial charge in [-0.2, -0.15) is 13.2 Å². The molecule has 0 radical (unpaired) electrons. The predicted molar refractivity (Wildman–Crippen MR) is 69.6 cm³/mol. The molecule has 21 heavy (non-hydrogen) atoms. The Labute approximate surface area is 120 Å². The lowest BCUT2D eigenvalue weighted by Crippen LogP contribution is -2.31. The van der Waals surface area contributed by atoms with Crippen LogP contribution in [0.25, 0.3) is 0 Å². The number of benzene rings is 1. The molecule has 0 saturated carbocycles. The maximum Gasteiger partial charge on any atom is 0.411 e. The summed E-state index contributed by atoms with van der Waals surface area (Å²) >= 11 is 0. The minimum absolute atomic E-state index is 0.332. The third-order valence-electron chi connectivity index (χ3n) is 2.49. The summed E-state index contributed by atoms with van der Waals surface area (Å²) in [4.78, 5) is 11.7. The van der Waals surface area contributed by atoms with E-state index in [0.29, 0.717) is 17.2 Å². The fourth-order valence-corrected chi connectivity index (χ4v) is 1.42. The van der Waals surface area contributed by atoms with Crippen LogP contribution in [-0.2, 0) is 9.53 Å². The molecule has 1 atom stereocenters. The fraction of sp³-hybridized carbons (Fsp3) is 0.462. The van der Waals surface area contributed by atoms with E-state index in [4.69, 9.17) is 9.47 Å². The zero-order valence-electron chi connectivity index (χ0n) is 11.8. The molecule has 118 valence electrons. The summed E-state index contributed by atoms with van der Waals surface area (Å²) in [5.41, 5.74) is 0.332. The van der Waals surface area contributed by atoms with Crippen molar-refractivity contribution in [1.82, 2.24) is 0 Å². The van der Waals surface area contributed by atoms with Gasteiger partial charge in [0, 0.05) is 23.9 Å². The van der Waals surface area contributed by atoms with Crippen LogP contribution in [0.3, 0.4) is 0 Å². The Balaban J connectivity index is 2.69. The molecule has 0 aliphatic heterocycles. The highest BCUT2D eigenvalue weighted by Gasteiger charge is 2.29. The number of methoxy groups -OCH3 is 2. The molecule has 0 saturated heterocycles. The molecule has 1 N–H and O–H groups in total. The number of rotatable bonds is 6. The maximum atomic E-state index is 12.0. The fourth-order valence-electron chi connectivity index (χ4n) is 1.42. The molecule has 0 aliphatic rings. The smallest absolute Gasteiger partial charge is 0.411 e. The lowest BCUT2D eigenvalue weighted by molar-refractivity contribution is -0.184. The molecule has 0 aliphatic carbocycles. The van der Waals surface area contributed by atoms with Gasteiger partial charge in [-0.05, 0) is 6.92 Å². The third kappa shape index (κ3) is 5.90. The quantitative estimate of drug-likeness (QED) is 0.877. The standard InChI is InChI=1S/C13H16F3NO4/c1-8(21-7-13(14,15)16)12(18)17-9-4-10(19-2)6-11(5-9)20-3/h4-6,8H,7H2,1-3H3,(H,17,18)/t8-/m0/s1. The van der Waals surface area contributed by atoms with Gasteiger partial charge in [0.2, 0.25) is 0 Å². The van der Waals surface area contributed by atoms with Crippen molar-refractivity contribution in [1.29, 1.82) is 0 Å². The molecule has 0 bridgehead atoms. The van der Waals surface area contributed by atoms with Crippen LogP contribution in [0.2, 0.25) is 0 Å². The van der Waals surface area contributed by atoms with Crippen molar-refractivity contribution in [3.8, 4) is 11.5 Å². The summed E-state index contributed by atoms with van der Waals surface area (Å²) in [5, 5.41) is 2.44. The summed E-state index contributed by atoms with van der Waals surface area (Å²) in [6.45, 7) is -0.249. The summed E-state index contributed by atoms with van der Waals surface area (Å²) in [7, 11) is 2.88. The van der Waals surface area contributed by atoms with Crippen molar-refractivity contribution in [3.05, 3.63) is 18.2 Å². The third-order valence-corrected chi connectivity index (χ3v) is 2.49. The maximum absolute atomic E-state index is 12.0. The van der Waals surface area contributed by atoms with Crippen molar-refractivity contribution >= 4 is 11.6 Å². The van der Waals surface area contributed by atoms with E-state index in [1.807, 2.05) is 0 Å². The van der Waals surface area contributed by atoms with E-state index in [1.54, 1.807) is 6.07 Å². The molecule has 1 amide bonds. The highest BCUT2D eigenvalue weighted by Crippen LogP contribution is 2.26. The van der Waals surface area contributed by atoms with Crippen LogP contribution in [0.5, 0.6) is 11.5 Å². The molecular formula is C13H16F3NO4. The SMILES string of the molecule is COc1cc(NC(=O)[C@H](C)OCC(F)(F)F)cc(OC)c1. The van der Waals surface area contributed by atoms with Gasteiger partial charge >= 0.3 is 6.18 Å². The van der Waals surface area contributed by atoms with Gasteiger partial charge in [-0.15, -0.1) is 0 Å². The number of hydrogen-bond donors (Lipinski definition) is 1. The van der Waals surface area contributed by atoms with Gasteiger partial charge in [-0.1, -0.05) is 0 Å². The number of ether oxygens (including phenoxy) is 3. The number of hydrogen-bond acceptors (Lipinski definition) is 4. The highest BCUT2D eigenvalue weighted by molar-refractivity contribution is 5.94. The second kappa shape index (κ2) is 7.16. The lowest BCUT2D eigenvalue weighted by atomic mass is 10.2. The average molecular weight is 307 g/mol. The normalized spacial score (nSPS) is 12.7. The van der Waals surface area contributed by atoms with Gasteiger partial charge < -0.3 is 19.5 Å². The van der Waals surface area contributed by atoms with Crippen molar-refractivity contribution in [2.45, 2.75) is 19.2 Å². The van der Waals surface area contributed by atoms with Gasteiger partial charge in [-0.3, -0.25) is 4.79 Å². The number of amides is 1.